The van der Waals surface area contributed by atoms with Crippen LogP contribution < -0.4 is 5.32 Å². The summed E-state index contributed by atoms with van der Waals surface area (Å²) in [6.45, 7) is 5.51. The fourth-order valence-electron chi connectivity index (χ4n) is 2.03. The molecule has 1 N–H and O–H groups in total. The van der Waals surface area contributed by atoms with E-state index in [1.807, 2.05) is 12.1 Å². The second-order valence-corrected chi connectivity index (χ2v) is 4.72. The van der Waals surface area contributed by atoms with Crippen molar-refractivity contribution in [1.29, 1.82) is 0 Å². The molecular weight excluding hydrogens is 224 g/mol. The van der Waals surface area contributed by atoms with Gasteiger partial charge in [0.05, 0.1) is 6.20 Å². The van der Waals surface area contributed by atoms with Gasteiger partial charge in [0.15, 0.2) is 12.2 Å². The highest BCUT2D eigenvalue weighted by Crippen LogP contribution is 2.22. The lowest BCUT2D eigenvalue weighted by atomic mass is 10.1. The fraction of sp³-hybridized carbons (Fsp3) is 0.400. The molecule has 3 heteroatoms. The van der Waals surface area contributed by atoms with Crippen LogP contribution in [-0.2, 0) is 0 Å². The first-order chi connectivity index (χ1) is 8.79. The standard InChI is InChI=1S/C15H20N2O/c1-3-5-12(2)9-17-14-7-4-6-13(8-14)15-10-16-11-18-15/h4,6-8,10-12,17H,3,5,9H2,1-2H3. The molecular formula is C15H20N2O. The Bertz CT molecular complexity index is 465. The van der Waals surface area contributed by atoms with Crippen LogP contribution in [0.4, 0.5) is 5.69 Å². The Balaban J connectivity index is 2.00. The maximum Gasteiger partial charge on any atom is 0.181 e. The van der Waals surface area contributed by atoms with Gasteiger partial charge in [-0.3, -0.25) is 0 Å². The van der Waals surface area contributed by atoms with E-state index < -0.39 is 0 Å². The summed E-state index contributed by atoms with van der Waals surface area (Å²) in [6, 6.07) is 8.24. The van der Waals surface area contributed by atoms with Crippen molar-refractivity contribution in [3.05, 3.63) is 36.9 Å². The van der Waals surface area contributed by atoms with Crippen molar-refractivity contribution in [2.75, 3.05) is 11.9 Å². The van der Waals surface area contributed by atoms with Gasteiger partial charge in [-0.1, -0.05) is 32.4 Å². The number of oxazole rings is 1. The fourth-order valence-corrected chi connectivity index (χ4v) is 2.03. The number of nitrogens with zero attached hydrogens (tertiary/aromatic N) is 1. The minimum Gasteiger partial charge on any atom is -0.444 e. The third-order valence-electron chi connectivity index (χ3n) is 3.02. The molecule has 0 saturated heterocycles. The molecule has 0 radical (unpaired) electrons. The first kappa shape index (κ1) is 12.7. The smallest absolute Gasteiger partial charge is 0.181 e. The van der Waals surface area contributed by atoms with Gasteiger partial charge in [-0.25, -0.2) is 4.98 Å². The summed E-state index contributed by atoms with van der Waals surface area (Å²) >= 11 is 0. The highest BCUT2D eigenvalue weighted by Gasteiger charge is 2.04. The molecule has 1 heterocycles. The topological polar surface area (TPSA) is 38.1 Å². The van der Waals surface area contributed by atoms with Crippen molar-refractivity contribution < 1.29 is 4.42 Å². The molecule has 96 valence electrons. The molecule has 0 saturated carbocycles. The van der Waals surface area contributed by atoms with E-state index in [4.69, 9.17) is 4.42 Å². The molecule has 0 aliphatic carbocycles. The molecule has 0 aliphatic heterocycles. The third-order valence-corrected chi connectivity index (χ3v) is 3.02. The van der Waals surface area contributed by atoms with Crippen molar-refractivity contribution >= 4 is 5.69 Å². The molecule has 0 amide bonds. The van der Waals surface area contributed by atoms with Crippen molar-refractivity contribution in [2.24, 2.45) is 5.92 Å². The van der Waals surface area contributed by atoms with E-state index in [0.717, 1.165) is 23.6 Å². The SMILES string of the molecule is CCCC(C)CNc1cccc(-c2cnco2)c1. The summed E-state index contributed by atoms with van der Waals surface area (Å²) in [4.78, 5) is 3.94. The van der Waals surface area contributed by atoms with Crippen LogP contribution in [0.5, 0.6) is 0 Å². The Morgan fingerprint density at radius 1 is 1.39 bits per heavy atom. The zero-order chi connectivity index (χ0) is 12.8. The van der Waals surface area contributed by atoms with E-state index in [2.05, 4.69) is 36.3 Å². The molecule has 0 bridgehead atoms. The van der Waals surface area contributed by atoms with Gasteiger partial charge >= 0.3 is 0 Å². The average Bonchev–Trinajstić information content (AvgIpc) is 2.91. The van der Waals surface area contributed by atoms with Gasteiger partial charge in [-0.2, -0.15) is 0 Å². The number of rotatable bonds is 6. The summed E-state index contributed by atoms with van der Waals surface area (Å²) in [7, 11) is 0. The predicted molar refractivity (Wildman–Crippen MR) is 74.5 cm³/mol. The number of benzene rings is 1. The Hall–Kier alpha value is -1.77. The number of anilines is 1. The van der Waals surface area contributed by atoms with Gasteiger partial charge in [0.1, 0.15) is 0 Å². The molecule has 18 heavy (non-hydrogen) atoms. The maximum absolute atomic E-state index is 5.30. The summed E-state index contributed by atoms with van der Waals surface area (Å²) in [5, 5.41) is 3.47. The van der Waals surface area contributed by atoms with Crippen LogP contribution >= 0.6 is 0 Å². The van der Waals surface area contributed by atoms with E-state index in [9.17, 15) is 0 Å². The number of hydrogen-bond donors (Lipinski definition) is 1. The predicted octanol–water partition coefficient (Wildman–Crippen LogP) is 4.19. The van der Waals surface area contributed by atoms with Gasteiger partial charge in [-0.05, 0) is 24.5 Å². The lowest BCUT2D eigenvalue weighted by molar-refractivity contribution is 0.551. The first-order valence-corrected chi connectivity index (χ1v) is 6.52. The summed E-state index contributed by atoms with van der Waals surface area (Å²) in [6.07, 6.45) is 5.69. The van der Waals surface area contributed by atoms with Crippen LogP contribution in [0.3, 0.4) is 0 Å². The summed E-state index contributed by atoms with van der Waals surface area (Å²) in [5.74, 6) is 1.50. The van der Waals surface area contributed by atoms with E-state index in [1.165, 1.54) is 19.2 Å². The highest BCUT2D eigenvalue weighted by atomic mass is 16.3. The summed E-state index contributed by atoms with van der Waals surface area (Å²) < 4.78 is 5.30. The normalized spacial score (nSPS) is 12.3. The number of aromatic nitrogens is 1. The zero-order valence-electron chi connectivity index (χ0n) is 11.0. The van der Waals surface area contributed by atoms with Crippen LogP contribution in [-0.4, -0.2) is 11.5 Å². The van der Waals surface area contributed by atoms with E-state index in [0.29, 0.717) is 5.92 Å². The molecule has 0 spiro atoms. The molecule has 2 aromatic rings. The lowest BCUT2D eigenvalue weighted by Gasteiger charge is -2.12. The van der Waals surface area contributed by atoms with Crippen LogP contribution in [0.15, 0.2) is 41.3 Å². The minimum absolute atomic E-state index is 0.698. The van der Waals surface area contributed by atoms with E-state index in [-0.39, 0.29) is 0 Å². The second-order valence-electron chi connectivity index (χ2n) is 4.72. The van der Waals surface area contributed by atoms with Crippen molar-refractivity contribution in [2.45, 2.75) is 26.7 Å². The quantitative estimate of drug-likeness (QED) is 0.828. The zero-order valence-corrected chi connectivity index (χ0v) is 11.0. The van der Waals surface area contributed by atoms with Gasteiger partial charge in [0, 0.05) is 17.8 Å². The minimum atomic E-state index is 0.698. The van der Waals surface area contributed by atoms with Crippen LogP contribution in [0.25, 0.3) is 11.3 Å². The van der Waals surface area contributed by atoms with Crippen molar-refractivity contribution in [3.63, 3.8) is 0 Å². The van der Waals surface area contributed by atoms with Gasteiger partial charge in [0.2, 0.25) is 0 Å². The van der Waals surface area contributed by atoms with Gasteiger partial charge in [0.25, 0.3) is 0 Å². The largest absolute Gasteiger partial charge is 0.444 e. The number of hydrogen-bond acceptors (Lipinski definition) is 3. The molecule has 1 atom stereocenters. The van der Waals surface area contributed by atoms with Crippen LogP contribution in [0.2, 0.25) is 0 Å². The van der Waals surface area contributed by atoms with E-state index in [1.54, 1.807) is 6.20 Å². The highest BCUT2D eigenvalue weighted by molar-refractivity contribution is 5.63. The molecule has 1 aromatic carbocycles. The molecule has 0 fully saturated rings. The number of nitrogens with one attached hydrogen (secondary N) is 1. The molecule has 2 rings (SSSR count). The Morgan fingerprint density at radius 2 is 2.28 bits per heavy atom. The van der Waals surface area contributed by atoms with Crippen molar-refractivity contribution in [3.8, 4) is 11.3 Å². The van der Waals surface area contributed by atoms with Gasteiger partial charge < -0.3 is 9.73 Å². The van der Waals surface area contributed by atoms with Crippen molar-refractivity contribution in [1.82, 2.24) is 4.98 Å². The first-order valence-electron chi connectivity index (χ1n) is 6.52. The van der Waals surface area contributed by atoms with Crippen LogP contribution in [0.1, 0.15) is 26.7 Å². The monoisotopic (exact) mass is 244 g/mol. The third kappa shape index (κ3) is 3.36. The van der Waals surface area contributed by atoms with Crippen LogP contribution in [0, 0.1) is 5.92 Å². The molecule has 1 unspecified atom stereocenters. The Morgan fingerprint density at radius 3 is 3.00 bits per heavy atom. The second kappa shape index (κ2) is 6.24. The van der Waals surface area contributed by atoms with Gasteiger partial charge in [-0.15, -0.1) is 0 Å². The molecule has 3 nitrogen and oxygen atoms in total. The Labute approximate surface area is 108 Å². The Kier molecular flexibility index (Phi) is 4.40. The maximum atomic E-state index is 5.30. The lowest BCUT2D eigenvalue weighted by Crippen LogP contribution is -2.10. The average molecular weight is 244 g/mol. The molecule has 1 aromatic heterocycles. The molecule has 0 aliphatic rings. The summed E-state index contributed by atoms with van der Waals surface area (Å²) in [5.41, 5.74) is 2.19. The van der Waals surface area contributed by atoms with E-state index >= 15 is 0 Å².